The lowest BCUT2D eigenvalue weighted by Crippen LogP contribution is -2.40. The van der Waals surface area contributed by atoms with Gasteiger partial charge in [0.1, 0.15) is 0 Å². The molecule has 1 atom stereocenters. The highest BCUT2D eigenvalue weighted by Crippen LogP contribution is 2.39. The smallest absolute Gasteiger partial charge is 0.209 e. The molecular formula is C15H17BrO3. The van der Waals surface area contributed by atoms with Crippen LogP contribution in [0, 0.1) is 0 Å². The molecule has 0 saturated carbocycles. The maximum Gasteiger partial charge on any atom is 0.209 e. The molecule has 2 rings (SSSR count). The van der Waals surface area contributed by atoms with Crippen molar-refractivity contribution in [1.29, 1.82) is 0 Å². The molecule has 1 aliphatic rings. The first-order chi connectivity index (χ1) is 8.74. The molecule has 0 radical (unpaired) electrons. The third kappa shape index (κ3) is 2.81. The van der Waals surface area contributed by atoms with Gasteiger partial charge in [-0.25, -0.2) is 9.78 Å². The van der Waals surface area contributed by atoms with Crippen molar-refractivity contribution in [1.82, 2.24) is 0 Å². The van der Waals surface area contributed by atoms with Gasteiger partial charge >= 0.3 is 0 Å². The molecule has 0 heterocycles. The van der Waals surface area contributed by atoms with E-state index in [0.717, 1.165) is 11.1 Å². The Morgan fingerprint density at radius 3 is 2.47 bits per heavy atom. The van der Waals surface area contributed by atoms with Crippen LogP contribution in [0.4, 0.5) is 0 Å². The highest BCUT2D eigenvalue weighted by Gasteiger charge is 2.43. The van der Waals surface area contributed by atoms with Crippen LogP contribution in [0.3, 0.4) is 0 Å². The fraction of sp³-hybridized carbons (Fsp3) is 0.400. The summed E-state index contributed by atoms with van der Waals surface area (Å²) in [7, 11) is 0. The van der Waals surface area contributed by atoms with Crippen LogP contribution in [-0.4, -0.2) is 11.4 Å². The van der Waals surface area contributed by atoms with Gasteiger partial charge < -0.3 is 0 Å². The van der Waals surface area contributed by atoms with Crippen molar-refractivity contribution in [2.75, 3.05) is 0 Å². The minimum atomic E-state index is -1.13. The Morgan fingerprint density at radius 1 is 1.21 bits per heavy atom. The lowest BCUT2D eigenvalue weighted by Gasteiger charge is -2.33. The highest BCUT2D eigenvalue weighted by atomic mass is 79.9. The summed E-state index contributed by atoms with van der Waals surface area (Å²) in [6, 6.07) is 7.64. The molecule has 0 aromatic heterocycles. The maximum absolute atomic E-state index is 12.4. The van der Waals surface area contributed by atoms with Crippen LogP contribution in [0.2, 0.25) is 0 Å². The van der Waals surface area contributed by atoms with Crippen LogP contribution in [0.5, 0.6) is 0 Å². The van der Waals surface area contributed by atoms with Crippen molar-refractivity contribution in [3.05, 3.63) is 39.9 Å². The molecule has 19 heavy (non-hydrogen) atoms. The van der Waals surface area contributed by atoms with Gasteiger partial charge in [0, 0.05) is 5.56 Å². The van der Waals surface area contributed by atoms with Gasteiger partial charge in [0.2, 0.25) is 5.78 Å². The number of ketones is 1. The second kappa shape index (κ2) is 4.85. The molecule has 3 nitrogen and oxygen atoms in total. The molecule has 0 aliphatic heterocycles. The van der Waals surface area contributed by atoms with Crippen LogP contribution in [0.15, 0.2) is 28.7 Å². The van der Waals surface area contributed by atoms with Crippen LogP contribution < -0.4 is 0 Å². The van der Waals surface area contributed by atoms with E-state index >= 15 is 0 Å². The van der Waals surface area contributed by atoms with Gasteiger partial charge in [-0.15, -0.1) is 0 Å². The summed E-state index contributed by atoms with van der Waals surface area (Å²) in [5, 5.41) is 0. The lowest BCUT2D eigenvalue weighted by atomic mass is 9.83. The van der Waals surface area contributed by atoms with Crippen molar-refractivity contribution in [2.24, 2.45) is 0 Å². The second-order valence-electron chi connectivity index (χ2n) is 5.72. The average molecular weight is 325 g/mol. The minimum Gasteiger partial charge on any atom is -0.290 e. The number of halogens is 1. The third-order valence-corrected chi connectivity index (χ3v) is 3.45. The molecule has 0 spiro atoms. The monoisotopic (exact) mass is 324 g/mol. The standard InChI is InChI=1S/C15H17BrO3/c1-14(2,3)18-19-15(4)11-8-6-5-7-10(11)9-12(16)13(15)17/h5-9H,1-4H3. The number of hydrogen-bond donors (Lipinski definition) is 0. The Morgan fingerprint density at radius 2 is 1.84 bits per heavy atom. The molecule has 0 saturated heterocycles. The van der Waals surface area contributed by atoms with E-state index in [1.54, 1.807) is 13.0 Å². The largest absolute Gasteiger partial charge is 0.290 e. The summed E-state index contributed by atoms with van der Waals surface area (Å²) in [6.45, 7) is 7.36. The lowest BCUT2D eigenvalue weighted by molar-refractivity contribution is -0.394. The molecule has 0 amide bonds. The number of benzene rings is 1. The minimum absolute atomic E-state index is 0.143. The van der Waals surface area contributed by atoms with E-state index < -0.39 is 11.2 Å². The zero-order chi connectivity index (χ0) is 14.3. The zero-order valence-electron chi connectivity index (χ0n) is 11.5. The molecule has 0 bridgehead atoms. The van der Waals surface area contributed by atoms with Crippen LogP contribution >= 0.6 is 15.9 Å². The van der Waals surface area contributed by atoms with Gasteiger partial charge in [-0.05, 0) is 55.3 Å². The average Bonchev–Trinajstić information content (AvgIpc) is 2.33. The van der Waals surface area contributed by atoms with Gasteiger partial charge in [0.05, 0.1) is 10.1 Å². The number of fused-ring (bicyclic) bond motifs is 1. The van der Waals surface area contributed by atoms with E-state index in [1.165, 1.54) is 0 Å². The van der Waals surface area contributed by atoms with Crippen LogP contribution in [0.1, 0.15) is 38.8 Å². The summed E-state index contributed by atoms with van der Waals surface area (Å²) >= 11 is 3.30. The Bertz CT molecular complexity index is 543. The topological polar surface area (TPSA) is 35.5 Å². The van der Waals surface area contributed by atoms with Gasteiger partial charge in [-0.3, -0.25) is 4.79 Å². The van der Waals surface area contributed by atoms with Gasteiger partial charge in [-0.2, -0.15) is 0 Å². The molecule has 0 fully saturated rings. The molecular weight excluding hydrogens is 308 g/mol. The quantitative estimate of drug-likeness (QED) is 0.610. The summed E-state index contributed by atoms with van der Waals surface area (Å²) < 4.78 is 0.492. The molecule has 4 heteroatoms. The molecule has 0 N–H and O–H groups in total. The summed E-state index contributed by atoms with van der Waals surface area (Å²) in [6.07, 6.45) is 1.81. The van der Waals surface area contributed by atoms with Crippen molar-refractivity contribution in [2.45, 2.75) is 38.9 Å². The molecule has 102 valence electrons. The van der Waals surface area contributed by atoms with Gasteiger partial charge in [-0.1, -0.05) is 24.3 Å². The van der Waals surface area contributed by atoms with Crippen LogP contribution in [0.25, 0.3) is 6.08 Å². The van der Waals surface area contributed by atoms with Crippen molar-refractivity contribution < 1.29 is 14.6 Å². The Labute approximate surface area is 121 Å². The van der Waals surface area contributed by atoms with Crippen molar-refractivity contribution in [3.8, 4) is 0 Å². The number of carbonyl (C=O) groups excluding carboxylic acids is 1. The molecule has 1 aromatic carbocycles. The second-order valence-corrected chi connectivity index (χ2v) is 6.58. The zero-order valence-corrected chi connectivity index (χ0v) is 13.1. The predicted octanol–water partition coefficient (Wildman–Crippen LogP) is 3.97. The SMILES string of the molecule is CC(C)(C)OOC1(C)C(=O)C(Br)=Cc2ccccc21. The van der Waals surface area contributed by atoms with E-state index in [9.17, 15) is 4.79 Å². The number of hydrogen-bond acceptors (Lipinski definition) is 3. The first kappa shape index (κ1) is 14.4. The molecule has 1 aromatic rings. The van der Waals surface area contributed by atoms with E-state index in [0.29, 0.717) is 4.48 Å². The Hall–Kier alpha value is -0.970. The number of carbonyl (C=O) groups is 1. The van der Waals surface area contributed by atoms with E-state index in [-0.39, 0.29) is 5.78 Å². The summed E-state index contributed by atoms with van der Waals surface area (Å²) in [4.78, 5) is 23.3. The van der Waals surface area contributed by atoms with Crippen LogP contribution in [-0.2, 0) is 20.2 Å². The fourth-order valence-electron chi connectivity index (χ4n) is 1.90. The highest BCUT2D eigenvalue weighted by molar-refractivity contribution is 9.12. The maximum atomic E-state index is 12.4. The van der Waals surface area contributed by atoms with E-state index in [2.05, 4.69) is 15.9 Å². The summed E-state index contributed by atoms with van der Waals surface area (Å²) in [5.74, 6) is -0.143. The Balaban J connectivity index is 2.43. The molecule has 1 aliphatic carbocycles. The Kier molecular flexibility index (Phi) is 3.69. The number of rotatable bonds is 2. The first-order valence-corrected chi connectivity index (χ1v) is 6.92. The first-order valence-electron chi connectivity index (χ1n) is 6.12. The van der Waals surface area contributed by atoms with Gasteiger partial charge in [0.15, 0.2) is 5.60 Å². The molecule has 1 unspecified atom stereocenters. The number of Topliss-reactive ketones (excluding diaryl/α,β-unsaturated/α-hetero) is 1. The van der Waals surface area contributed by atoms with Crippen molar-refractivity contribution in [3.63, 3.8) is 0 Å². The van der Waals surface area contributed by atoms with Gasteiger partial charge in [0.25, 0.3) is 0 Å². The predicted molar refractivity (Wildman–Crippen MR) is 77.6 cm³/mol. The van der Waals surface area contributed by atoms with E-state index in [4.69, 9.17) is 9.78 Å². The normalized spacial score (nSPS) is 23.0. The summed E-state index contributed by atoms with van der Waals surface area (Å²) in [5.41, 5.74) is 0.157. The van der Waals surface area contributed by atoms with Crippen molar-refractivity contribution >= 4 is 27.8 Å². The fourth-order valence-corrected chi connectivity index (χ4v) is 2.53. The van der Waals surface area contributed by atoms with E-state index in [1.807, 2.05) is 45.0 Å². The third-order valence-electron chi connectivity index (χ3n) is 2.87.